The molecule has 7 nitrogen and oxygen atoms in total. The zero-order chi connectivity index (χ0) is 18.8. The quantitative estimate of drug-likeness (QED) is 0.820. The molecular formula is C19H22N6OS. The fourth-order valence-electron chi connectivity index (χ4n) is 3.48. The van der Waals surface area contributed by atoms with Gasteiger partial charge in [-0.15, -0.1) is 11.3 Å². The predicted octanol–water partition coefficient (Wildman–Crippen LogP) is 2.30. The second kappa shape index (κ2) is 7.48. The summed E-state index contributed by atoms with van der Waals surface area (Å²) in [5.41, 5.74) is 8.07. The van der Waals surface area contributed by atoms with Crippen LogP contribution >= 0.6 is 11.3 Å². The zero-order valence-corrected chi connectivity index (χ0v) is 16.1. The van der Waals surface area contributed by atoms with Gasteiger partial charge in [0, 0.05) is 57.3 Å². The van der Waals surface area contributed by atoms with Crippen molar-refractivity contribution in [3.8, 4) is 10.6 Å². The minimum Gasteiger partial charge on any atom is -0.403 e. The van der Waals surface area contributed by atoms with Crippen molar-refractivity contribution in [2.45, 2.75) is 19.3 Å². The first-order valence-corrected chi connectivity index (χ1v) is 9.90. The van der Waals surface area contributed by atoms with E-state index in [1.165, 1.54) is 30.4 Å². The Morgan fingerprint density at radius 3 is 2.78 bits per heavy atom. The van der Waals surface area contributed by atoms with Gasteiger partial charge in [0.1, 0.15) is 15.7 Å². The first kappa shape index (κ1) is 17.7. The fraction of sp³-hybridized carbons (Fsp3) is 0.368. The number of aliphatic imine (C=N–C) groups is 1. The number of rotatable bonds is 4. The van der Waals surface area contributed by atoms with Crippen LogP contribution in [0.5, 0.6) is 0 Å². The van der Waals surface area contributed by atoms with Crippen LogP contribution < -0.4 is 10.6 Å². The highest BCUT2D eigenvalue weighted by Crippen LogP contribution is 2.33. The monoisotopic (exact) mass is 382 g/mol. The summed E-state index contributed by atoms with van der Waals surface area (Å²) in [7, 11) is 1.66. The summed E-state index contributed by atoms with van der Waals surface area (Å²) in [6.07, 6.45) is 8.03. The predicted molar refractivity (Wildman–Crippen MR) is 108 cm³/mol. The Balaban J connectivity index is 1.58. The Kier molecular flexibility index (Phi) is 4.89. The topological polar surface area (TPSA) is 87.7 Å². The van der Waals surface area contributed by atoms with E-state index in [9.17, 15) is 4.79 Å². The molecule has 0 aromatic carbocycles. The molecule has 2 aliphatic rings. The van der Waals surface area contributed by atoms with Crippen LogP contribution in [0.4, 0.5) is 5.82 Å². The summed E-state index contributed by atoms with van der Waals surface area (Å²) < 4.78 is 0. The van der Waals surface area contributed by atoms with Crippen LogP contribution in [0.1, 0.15) is 28.2 Å². The number of anilines is 1. The van der Waals surface area contributed by atoms with Crippen molar-refractivity contribution >= 4 is 29.3 Å². The molecule has 0 atom stereocenters. The molecule has 1 amide bonds. The van der Waals surface area contributed by atoms with Gasteiger partial charge < -0.3 is 15.5 Å². The molecule has 2 N–H and O–H groups in total. The number of aromatic nitrogens is 2. The molecule has 0 radical (unpaired) electrons. The van der Waals surface area contributed by atoms with E-state index in [0.29, 0.717) is 23.5 Å². The van der Waals surface area contributed by atoms with Gasteiger partial charge in [0.15, 0.2) is 0 Å². The number of nitrogens with zero attached hydrogens (tertiary/aromatic N) is 5. The minimum atomic E-state index is -0.0711. The first-order valence-electron chi connectivity index (χ1n) is 9.08. The lowest BCUT2D eigenvalue weighted by molar-refractivity contribution is 0.0805. The Labute approximate surface area is 162 Å². The number of amides is 1. The van der Waals surface area contributed by atoms with E-state index >= 15 is 0 Å². The van der Waals surface area contributed by atoms with Crippen molar-refractivity contribution < 1.29 is 4.79 Å². The molecule has 1 saturated heterocycles. The van der Waals surface area contributed by atoms with Gasteiger partial charge in [0.25, 0.3) is 5.91 Å². The van der Waals surface area contributed by atoms with E-state index in [-0.39, 0.29) is 5.91 Å². The maximum absolute atomic E-state index is 12.9. The van der Waals surface area contributed by atoms with Crippen LogP contribution in [0, 0.1) is 0 Å². The van der Waals surface area contributed by atoms with E-state index in [4.69, 9.17) is 10.7 Å². The number of thiazole rings is 1. The number of fused-ring (bicyclic) bond motifs is 1. The molecule has 27 heavy (non-hydrogen) atoms. The van der Waals surface area contributed by atoms with Crippen LogP contribution in [0.25, 0.3) is 10.6 Å². The largest absolute Gasteiger partial charge is 0.403 e. The first-order chi connectivity index (χ1) is 13.2. The number of nitrogens with two attached hydrogens (primary N) is 1. The second-order valence-electron chi connectivity index (χ2n) is 6.58. The van der Waals surface area contributed by atoms with Gasteiger partial charge in [0.2, 0.25) is 0 Å². The highest BCUT2D eigenvalue weighted by Gasteiger charge is 2.30. The second-order valence-corrected chi connectivity index (χ2v) is 7.58. The molecular weight excluding hydrogens is 360 g/mol. The molecule has 0 spiro atoms. The average molecular weight is 382 g/mol. The van der Waals surface area contributed by atoms with Crippen LogP contribution in [0.2, 0.25) is 0 Å². The van der Waals surface area contributed by atoms with Gasteiger partial charge in [0.05, 0.1) is 11.4 Å². The van der Waals surface area contributed by atoms with E-state index in [1.54, 1.807) is 18.2 Å². The summed E-state index contributed by atoms with van der Waals surface area (Å²) >= 11 is 1.42. The van der Waals surface area contributed by atoms with E-state index in [1.807, 2.05) is 18.3 Å². The Bertz CT molecular complexity index is 895. The van der Waals surface area contributed by atoms with Crippen molar-refractivity contribution in [2.24, 2.45) is 10.7 Å². The summed E-state index contributed by atoms with van der Waals surface area (Å²) in [6.45, 7) is 2.69. The van der Waals surface area contributed by atoms with Crippen molar-refractivity contribution in [3.05, 3.63) is 40.8 Å². The molecule has 0 saturated carbocycles. The van der Waals surface area contributed by atoms with Crippen LogP contribution in [-0.4, -0.2) is 53.7 Å². The Morgan fingerprint density at radius 2 is 2.11 bits per heavy atom. The normalized spacial score (nSPS) is 17.8. The number of carbonyl (C=O) groups excluding carboxylic acids is 1. The molecule has 4 rings (SSSR count). The maximum atomic E-state index is 12.9. The smallest absolute Gasteiger partial charge is 0.270 e. The van der Waals surface area contributed by atoms with Crippen LogP contribution in [-0.2, 0) is 6.42 Å². The van der Waals surface area contributed by atoms with E-state index in [0.717, 1.165) is 35.2 Å². The van der Waals surface area contributed by atoms with Gasteiger partial charge in [-0.05, 0) is 25.0 Å². The standard InChI is InChI=1S/C19H22N6OS/c1-21-12-14(10-20)25-9-6-15-17(19(25)26)27-18(23-15)13-4-5-16(22-11-13)24-7-2-3-8-24/h4-5,10-12H,2-3,6-9,20H2,1H3. The molecule has 0 unspecified atom stereocenters. The summed E-state index contributed by atoms with van der Waals surface area (Å²) in [5.74, 6) is 0.939. The van der Waals surface area contributed by atoms with Crippen molar-refractivity contribution in [2.75, 3.05) is 31.6 Å². The van der Waals surface area contributed by atoms with E-state index < -0.39 is 0 Å². The van der Waals surface area contributed by atoms with Crippen molar-refractivity contribution in [1.29, 1.82) is 0 Å². The third-order valence-corrected chi connectivity index (χ3v) is 6.01. The highest BCUT2D eigenvalue weighted by molar-refractivity contribution is 7.17. The molecule has 2 aliphatic heterocycles. The number of allylic oxidation sites excluding steroid dienone is 1. The van der Waals surface area contributed by atoms with Gasteiger partial charge in [-0.1, -0.05) is 0 Å². The SMILES string of the molecule is CN=CC(=CN)N1CCc2nc(-c3ccc(N4CCCC4)nc3)sc2C1=O. The van der Waals surface area contributed by atoms with Crippen LogP contribution in [0.3, 0.4) is 0 Å². The Morgan fingerprint density at radius 1 is 1.30 bits per heavy atom. The summed E-state index contributed by atoms with van der Waals surface area (Å²) in [6, 6.07) is 4.09. The molecule has 4 heterocycles. The molecule has 2 aromatic heterocycles. The lowest BCUT2D eigenvalue weighted by atomic mass is 10.1. The van der Waals surface area contributed by atoms with E-state index in [2.05, 4.69) is 14.9 Å². The third kappa shape index (κ3) is 3.32. The maximum Gasteiger partial charge on any atom is 0.270 e. The van der Waals surface area contributed by atoms with Gasteiger partial charge in [-0.3, -0.25) is 9.79 Å². The lowest BCUT2D eigenvalue weighted by Gasteiger charge is -2.26. The number of pyridine rings is 1. The molecule has 0 aliphatic carbocycles. The molecule has 8 heteroatoms. The summed E-state index contributed by atoms with van der Waals surface area (Å²) in [5, 5.41) is 0.832. The Hall–Kier alpha value is -2.74. The number of carbonyl (C=O) groups is 1. The molecule has 2 aromatic rings. The van der Waals surface area contributed by atoms with Gasteiger partial charge in [-0.2, -0.15) is 0 Å². The van der Waals surface area contributed by atoms with Gasteiger partial charge >= 0.3 is 0 Å². The van der Waals surface area contributed by atoms with Crippen LogP contribution in [0.15, 0.2) is 35.2 Å². The highest BCUT2D eigenvalue weighted by atomic mass is 32.1. The lowest BCUT2D eigenvalue weighted by Crippen LogP contribution is -2.37. The average Bonchev–Trinajstić information content (AvgIpc) is 3.37. The number of hydrogen-bond acceptors (Lipinski definition) is 7. The van der Waals surface area contributed by atoms with Crippen molar-refractivity contribution in [3.63, 3.8) is 0 Å². The third-order valence-electron chi connectivity index (χ3n) is 4.88. The molecule has 1 fully saturated rings. The summed E-state index contributed by atoms with van der Waals surface area (Å²) in [4.78, 5) is 30.8. The molecule has 140 valence electrons. The molecule has 0 bridgehead atoms. The fourth-order valence-corrected chi connectivity index (χ4v) is 4.53. The minimum absolute atomic E-state index is 0.0711. The van der Waals surface area contributed by atoms with Gasteiger partial charge in [-0.25, -0.2) is 9.97 Å². The zero-order valence-electron chi connectivity index (χ0n) is 15.3. The van der Waals surface area contributed by atoms with Crippen molar-refractivity contribution in [1.82, 2.24) is 14.9 Å². The number of hydrogen-bond donors (Lipinski definition) is 1.